The highest BCUT2D eigenvalue weighted by Gasteiger charge is 2.35. The first-order chi connectivity index (χ1) is 15.2. The van der Waals surface area contributed by atoms with Gasteiger partial charge in [0, 0.05) is 25.7 Å². The molecule has 1 fully saturated rings. The highest BCUT2D eigenvalue weighted by Crippen LogP contribution is 2.36. The number of benzene rings is 2. The third-order valence-corrected chi connectivity index (χ3v) is 6.95. The van der Waals surface area contributed by atoms with Gasteiger partial charge in [-0.2, -0.15) is 0 Å². The van der Waals surface area contributed by atoms with E-state index in [4.69, 9.17) is 4.74 Å². The van der Waals surface area contributed by atoms with E-state index < -0.39 is 0 Å². The Morgan fingerprint density at radius 2 is 1.65 bits per heavy atom. The fourth-order valence-electron chi connectivity index (χ4n) is 5.41. The maximum Gasteiger partial charge on any atom is 0.261 e. The van der Waals surface area contributed by atoms with E-state index in [1.807, 2.05) is 0 Å². The van der Waals surface area contributed by atoms with E-state index >= 15 is 0 Å². The van der Waals surface area contributed by atoms with Crippen molar-refractivity contribution in [2.45, 2.75) is 50.7 Å². The molecule has 2 aromatic carbocycles. The van der Waals surface area contributed by atoms with Crippen LogP contribution in [0.2, 0.25) is 0 Å². The molecule has 31 heavy (non-hydrogen) atoms. The average molecular weight is 419 g/mol. The summed E-state index contributed by atoms with van der Waals surface area (Å²) in [7, 11) is 0. The van der Waals surface area contributed by atoms with Crippen LogP contribution in [0.25, 0.3) is 0 Å². The smallest absolute Gasteiger partial charge is 0.261 e. The molecule has 1 saturated heterocycles. The van der Waals surface area contributed by atoms with Crippen LogP contribution in [0.3, 0.4) is 0 Å². The van der Waals surface area contributed by atoms with Gasteiger partial charge in [-0.05, 0) is 68.3 Å². The van der Waals surface area contributed by atoms with Gasteiger partial charge in [0.1, 0.15) is 0 Å². The van der Waals surface area contributed by atoms with Gasteiger partial charge >= 0.3 is 0 Å². The number of rotatable bonds is 6. The molecule has 2 aromatic rings. The fourth-order valence-corrected chi connectivity index (χ4v) is 5.41. The zero-order valence-corrected chi connectivity index (χ0v) is 18.0. The van der Waals surface area contributed by atoms with Crippen LogP contribution in [0.4, 0.5) is 0 Å². The number of fused-ring (bicyclic) bond motifs is 2. The lowest BCUT2D eigenvalue weighted by Crippen LogP contribution is -2.43. The van der Waals surface area contributed by atoms with E-state index in [1.54, 1.807) is 24.3 Å². The predicted molar refractivity (Wildman–Crippen MR) is 119 cm³/mol. The summed E-state index contributed by atoms with van der Waals surface area (Å²) in [5, 5.41) is 0. The van der Waals surface area contributed by atoms with Crippen LogP contribution in [-0.2, 0) is 11.2 Å². The van der Waals surface area contributed by atoms with Crippen LogP contribution < -0.4 is 0 Å². The van der Waals surface area contributed by atoms with E-state index in [-0.39, 0.29) is 17.9 Å². The maximum absolute atomic E-state index is 12.5. The molecule has 0 radical (unpaired) electrons. The van der Waals surface area contributed by atoms with Crippen molar-refractivity contribution in [3.63, 3.8) is 0 Å². The Bertz CT molecular complexity index is 938. The van der Waals surface area contributed by atoms with Crippen molar-refractivity contribution in [3.05, 3.63) is 70.8 Å². The summed E-state index contributed by atoms with van der Waals surface area (Å²) in [5.41, 5.74) is 4.04. The molecule has 0 bridgehead atoms. The number of carbonyl (C=O) groups excluding carboxylic acids is 2. The molecule has 0 saturated carbocycles. The fraction of sp³-hybridized carbons (Fsp3) is 0.462. The summed E-state index contributed by atoms with van der Waals surface area (Å²) in [4.78, 5) is 28.9. The van der Waals surface area contributed by atoms with E-state index in [2.05, 4.69) is 29.2 Å². The first kappa shape index (κ1) is 20.4. The van der Waals surface area contributed by atoms with E-state index in [1.165, 1.54) is 35.3 Å². The number of hydrogen-bond donors (Lipinski definition) is 0. The van der Waals surface area contributed by atoms with Crippen LogP contribution >= 0.6 is 0 Å². The molecule has 1 aliphatic carbocycles. The maximum atomic E-state index is 12.5. The summed E-state index contributed by atoms with van der Waals surface area (Å²) in [6.07, 6.45) is 6.81. The lowest BCUT2D eigenvalue weighted by molar-refractivity contribution is -0.0173. The Morgan fingerprint density at radius 1 is 0.903 bits per heavy atom. The highest BCUT2D eigenvalue weighted by molar-refractivity contribution is 6.21. The van der Waals surface area contributed by atoms with Crippen LogP contribution in [0.5, 0.6) is 0 Å². The highest BCUT2D eigenvalue weighted by atomic mass is 16.5. The second-order valence-electron chi connectivity index (χ2n) is 8.90. The number of carbonyl (C=O) groups is 2. The van der Waals surface area contributed by atoms with Gasteiger partial charge in [-0.25, -0.2) is 0 Å². The van der Waals surface area contributed by atoms with Gasteiger partial charge in [-0.15, -0.1) is 0 Å². The Morgan fingerprint density at radius 3 is 2.45 bits per heavy atom. The first-order valence-electron chi connectivity index (χ1n) is 11.6. The summed E-state index contributed by atoms with van der Waals surface area (Å²) in [5.74, 6) is -0.360. The van der Waals surface area contributed by atoms with Crippen molar-refractivity contribution in [1.82, 2.24) is 9.80 Å². The topological polar surface area (TPSA) is 49.9 Å². The molecule has 5 nitrogen and oxygen atoms in total. The summed E-state index contributed by atoms with van der Waals surface area (Å²) in [6.45, 7) is 3.09. The Kier molecular flexibility index (Phi) is 5.88. The standard InChI is InChI=1S/C26H30N2O3/c29-25-22-12-3-4-13-23(22)26(30)28(25)16-7-17-31-20-10-6-15-27(18-20)24-14-5-9-19-8-1-2-11-21(19)24/h1-4,8,11-13,20,24H,5-7,9-10,14-18H2. The number of imide groups is 1. The van der Waals surface area contributed by atoms with Crippen molar-refractivity contribution >= 4 is 11.8 Å². The van der Waals surface area contributed by atoms with Gasteiger partial charge in [-0.3, -0.25) is 19.4 Å². The Labute approximate surface area is 184 Å². The molecule has 2 unspecified atom stereocenters. The van der Waals surface area contributed by atoms with Crippen LogP contribution in [0, 0.1) is 0 Å². The largest absolute Gasteiger partial charge is 0.377 e. The quantitative estimate of drug-likeness (QED) is 0.520. The molecule has 2 aliphatic heterocycles. The molecule has 2 atom stereocenters. The predicted octanol–water partition coefficient (Wildman–Crippen LogP) is 4.23. The number of likely N-dealkylation sites (tertiary alicyclic amines) is 1. The molecule has 2 heterocycles. The van der Waals surface area contributed by atoms with Crippen LogP contribution in [0.15, 0.2) is 48.5 Å². The van der Waals surface area contributed by atoms with Crippen molar-refractivity contribution in [3.8, 4) is 0 Å². The van der Waals surface area contributed by atoms with Gasteiger partial charge in [0.15, 0.2) is 0 Å². The molecule has 0 spiro atoms. The third kappa shape index (κ3) is 4.04. The summed E-state index contributed by atoms with van der Waals surface area (Å²) in [6, 6.07) is 16.5. The van der Waals surface area contributed by atoms with Crippen molar-refractivity contribution < 1.29 is 14.3 Å². The second-order valence-corrected chi connectivity index (χ2v) is 8.90. The lowest BCUT2D eigenvalue weighted by Gasteiger charge is -2.40. The molecule has 2 amide bonds. The number of amides is 2. The lowest BCUT2D eigenvalue weighted by atomic mass is 9.86. The van der Waals surface area contributed by atoms with Gasteiger partial charge in [0.05, 0.1) is 17.2 Å². The number of aryl methyl sites for hydroxylation is 1. The number of nitrogens with zero attached hydrogens (tertiary/aromatic N) is 2. The molecule has 162 valence electrons. The van der Waals surface area contributed by atoms with E-state index in [0.29, 0.717) is 36.7 Å². The third-order valence-electron chi connectivity index (χ3n) is 6.95. The molecule has 3 aliphatic rings. The second kappa shape index (κ2) is 8.93. The number of hydrogen-bond acceptors (Lipinski definition) is 4. The summed E-state index contributed by atoms with van der Waals surface area (Å²) < 4.78 is 6.21. The monoisotopic (exact) mass is 418 g/mol. The minimum Gasteiger partial charge on any atom is -0.377 e. The molecule has 0 aromatic heterocycles. The molecule has 5 rings (SSSR count). The number of piperidine rings is 1. The Balaban J connectivity index is 1.12. The van der Waals surface area contributed by atoms with Gasteiger partial charge in [0.2, 0.25) is 0 Å². The van der Waals surface area contributed by atoms with Crippen molar-refractivity contribution in [1.29, 1.82) is 0 Å². The Hall–Kier alpha value is -2.50. The first-order valence-corrected chi connectivity index (χ1v) is 11.6. The van der Waals surface area contributed by atoms with Gasteiger partial charge in [0.25, 0.3) is 11.8 Å². The minimum absolute atomic E-state index is 0.180. The zero-order chi connectivity index (χ0) is 21.2. The normalized spacial score (nSPS) is 23.7. The molecular formula is C26H30N2O3. The van der Waals surface area contributed by atoms with Gasteiger partial charge in [-0.1, -0.05) is 36.4 Å². The van der Waals surface area contributed by atoms with Crippen LogP contribution in [-0.4, -0.2) is 54.0 Å². The molecule has 5 heteroatoms. The van der Waals surface area contributed by atoms with E-state index in [9.17, 15) is 9.59 Å². The van der Waals surface area contributed by atoms with Gasteiger partial charge < -0.3 is 4.74 Å². The van der Waals surface area contributed by atoms with Crippen molar-refractivity contribution in [2.24, 2.45) is 0 Å². The van der Waals surface area contributed by atoms with Crippen molar-refractivity contribution in [2.75, 3.05) is 26.2 Å². The van der Waals surface area contributed by atoms with Crippen LogP contribution in [0.1, 0.15) is 70.0 Å². The molecular weight excluding hydrogens is 388 g/mol. The number of ether oxygens (including phenoxy) is 1. The average Bonchev–Trinajstić information content (AvgIpc) is 3.06. The zero-order valence-electron chi connectivity index (χ0n) is 18.0. The SMILES string of the molecule is O=C1c2ccccc2C(=O)N1CCCOC1CCCN(C2CCCc3ccccc32)C1. The minimum atomic E-state index is -0.180. The summed E-state index contributed by atoms with van der Waals surface area (Å²) >= 11 is 0. The molecule has 0 N–H and O–H groups in total. The van der Waals surface area contributed by atoms with E-state index in [0.717, 1.165) is 25.9 Å².